The second kappa shape index (κ2) is 3.53. The van der Waals surface area contributed by atoms with E-state index in [2.05, 4.69) is 20.1 Å². The summed E-state index contributed by atoms with van der Waals surface area (Å²) in [4.78, 5) is 12.3. The van der Waals surface area contributed by atoms with Gasteiger partial charge in [-0.3, -0.25) is 0 Å². The number of hydrogen-bond acceptors (Lipinski definition) is 4. The summed E-state index contributed by atoms with van der Waals surface area (Å²) < 4.78 is 1.60. The minimum atomic E-state index is 0.533. The largest absolute Gasteiger partial charge is 0.244 e. The first-order chi connectivity index (χ1) is 7.86. The van der Waals surface area contributed by atoms with Gasteiger partial charge >= 0.3 is 0 Å². The summed E-state index contributed by atoms with van der Waals surface area (Å²) in [7, 11) is 0. The molecule has 0 saturated heterocycles. The van der Waals surface area contributed by atoms with Gasteiger partial charge in [-0.25, -0.2) is 15.0 Å². The fourth-order valence-corrected chi connectivity index (χ4v) is 1.67. The van der Waals surface area contributed by atoms with Crippen molar-refractivity contribution < 1.29 is 0 Å². The third-order valence-corrected chi connectivity index (χ3v) is 2.47. The lowest BCUT2D eigenvalue weighted by molar-refractivity contribution is 0.862. The second-order valence-corrected chi connectivity index (χ2v) is 3.57. The Bertz CT molecular complexity index is 648. The maximum atomic E-state index is 6.05. The molecule has 16 heavy (non-hydrogen) atoms. The van der Waals surface area contributed by atoms with Crippen LogP contribution in [-0.2, 0) is 0 Å². The van der Waals surface area contributed by atoms with Crippen LogP contribution in [0.15, 0.2) is 37.1 Å². The first-order valence-corrected chi connectivity index (χ1v) is 4.99. The number of fused-ring (bicyclic) bond motifs is 1. The lowest BCUT2D eigenvalue weighted by Crippen LogP contribution is -2.00. The molecule has 0 fully saturated rings. The molecule has 5 nitrogen and oxygen atoms in total. The Balaban J connectivity index is 2.31. The third-order valence-electron chi connectivity index (χ3n) is 2.17. The first-order valence-electron chi connectivity index (χ1n) is 4.61. The van der Waals surface area contributed by atoms with Crippen molar-refractivity contribution in [2.45, 2.75) is 0 Å². The highest BCUT2D eigenvalue weighted by molar-refractivity contribution is 6.32. The summed E-state index contributed by atoms with van der Waals surface area (Å²) in [5.41, 5.74) is 0.690. The molecular formula is C10H6ClN5. The van der Waals surface area contributed by atoms with Crippen LogP contribution in [0.5, 0.6) is 0 Å². The van der Waals surface area contributed by atoms with Crippen LogP contribution in [-0.4, -0.2) is 24.7 Å². The molecule has 0 aliphatic rings. The van der Waals surface area contributed by atoms with Crippen LogP contribution in [0.1, 0.15) is 0 Å². The van der Waals surface area contributed by atoms with Crippen molar-refractivity contribution in [1.29, 1.82) is 0 Å². The number of hydrogen-bond donors (Lipinski definition) is 0. The molecule has 0 spiro atoms. The maximum Gasteiger partial charge on any atom is 0.174 e. The van der Waals surface area contributed by atoms with Gasteiger partial charge in [-0.15, -0.1) is 0 Å². The number of aromatic nitrogens is 5. The topological polar surface area (TPSA) is 56.5 Å². The van der Waals surface area contributed by atoms with Gasteiger partial charge in [0.2, 0.25) is 0 Å². The van der Waals surface area contributed by atoms with Gasteiger partial charge in [0, 0.05) is 12.4 Å². The van der Waals surface area contributed by atoms with Crippen LogP contribution in [0.25, 0.3) is 16.9 Å². The van der Waals surface area contributed by atoms with Crippen molar-refractivity contribution >= 4 is 22.6 Å². The average Bonchev–Trinajstić information content (AvgIpc) is 2.74. The van der Waals surface area contributed by atoms with Crippen LogP contribution in [0.4, 0.5) is 0 Å². The standard InChI is InChI=1S/C10H6ClN5/c11-8-2-1-3-13-10(8)16-9-7(5-15-16)4-12-6-14-9/h1-6H. The van der Waals surface area contributed by atoms with Gasteiger partial charge in [-0.05, 0) is 12.1 Å². The summed E-state index contributed by atoms with van der Waals surface area (Å²) in [6.07, 6.45) is 6.51. The van der Waals surface area contributed by atoms with Crippen molar-refractivity contribution in [3.05, 3.63) is 42.1 Å². The quantitative estimate of drug-likeness (QED) is 0.642. The Hall–Kier alpha value is -2.01. The Morgan fingerprint density at radius 2 is 2.12 bits per heavy atom. The molecule has 0 N–H and O–H groups in total. The predicted molar refractivity (Wildman–Crippen MR) is 59.5 cm³/mol. The first kappa shape index (κ1) is 9.23. The predicted octanol–water partition coefficient (Wildman–Crippen LogP) is 1.86. The van der Waals surface area contributed by atoms with E-state index in [0.717, 1.165) is 5.39 Å². The van der Waals surface area contributed by atoms with Crippen molar-refractivity contribution in [3.63, 3.8) is 0 Å². The monoisotopic (exact) mass is 231 g/mol. The van der Waals surface area contributed by atoms with E-state index in [1.54, 1.807) is 35.4 Å². The van der Waals surface area contributed by atoms with Gasteiger partial charge in [0.15, 0.2) is 11.5 Å². The fourth-order valence-electron chi connectivity index (χ4n) is 1.46. The highest BCUT2D eigenvalue weighted by atomic mass is 35.5. The Morgan fingerprint density at radius 1 is 1.19 bits per heavy atom. The summed E-state index contributed by atoms with van der Waals surface area (Å²) in [5, 5.41) is 5.58. The van der Waals surface area contributed by atoms with Crippen molar-refractivity contribution in [3.8, 4) is 5.82 Å². The Morgan fingerprint density at radius 3 is 3.00 bits per heavy atom. The van der Waals surface area contributed by atoms with Gasteiger partial charge in [0.25, 0.3) is 0 Å². The fraction of sp³-hybridized carbons (Fsp3) is 0. The highest BCUT2D eigenvalue weighted by Gasteiger charge is 2.09. The molecule has 0 bridgehead atoms. The Kier molecular flexibility index (Phi) is 2.04. The minimum absolute atomic E-state index is 0.533. The van der Waals surface area contributed by atoms with Crippen LogP contribution in [0.2, 0.25) is 5.02 Å². The normalized spacial score (nSPS) is 10.8. The van der Waals surface area contributed by atoms with Gasteiger partial charge < -0.3 is 0 Å². The van der Waals surface area contributed by atoms with Crippen LogP contribution in [0.3, 0.4) is 0 Å². The van der Waals surface area contributed by atoms with E-state index in [1.807, 2.05) is 0 Å². The van der Waals surface area contributed by atoms with E-state index in [9.17, 15) is 0 Å². The second-order valence-electron chi connectivity index (χ2n) is 3.17. The van der Waals surface area contributed by atoms with E-state index < -0.39 is 0 Å². The molecule has 0 unspecified atom stereocenters. The smallest absolute Gasteiger partial charge is 0.174 e. The lowest BCUT2D eigenvalue weighted by Gasteiger charge is -2.02. The molecule has 0 aromatic carbocycles. The molecule has 3 heterocycles. The van der Waals surface area contributed by atoms with E-state index in [1.165, 1.54) is 6.33 Å². The molecule has 0 amide bonds. The molecule has 0 aliphatic carbocycles. The highest BCUT2D eigenvalue weighted by Crippen LogP contribution is 2.19. The van der Waals surface area contributed by atoms with E-state index in [0.29, 0.717) is 16.5 Å². The summed E-state index contributed by atoms with van der Waals surface area (Å²) >= 11 is 6.05. The number of pyridine rings is 1. The summed E-state index contributed by atoms with van der Waals surface area (Å²) in [6.45, 7) is 0. The molecule has 3 aromatic heterocycles. The summed E-state index contributed by atoms with van der Waals surface area (Å²) in [5.74, 6) is 0.567. The van der Waals surface area contributed by atoms with Crippen LogP contribution in [0, 0.1) is 0 Å². The van der Waals surface area contributed by atoms with Crippen LogP contribution >= 0.6 is 11.6 Å². The number of nitrogens with zero attached hydrogens (tertiary/aromatic N) is 5. The maximum absolute atomic E-state index is 6.05. The van der Waals surface area contributed by atoms with Crippen molar-refractivity contribution in [1.82, 2.24) is 24.7 Å². The van der Waals surface area contributed by atoms with E-state index in [4.69, 9.17) is 11.6 Å². The molecule has 3 rings (SSSR count). The molecule has 0 aliphatic heterocycles. The lowest BCUT2D eigenvalue weighted by atomic mass is 10.4. The Labute approximate surface area is 95.7 Å². The third kappa shape index (κ3) is 1.33. The van der Waals surface area contributed by atoms with Crippen molar-refractivity contribution in [2.75, 3.05) is 0 Å². The van der Waals surface area contributed by atoms with Crippen LogP contribution < -0.4 is 0 Å². The zero-order valence-electron chi connectivity index (χ0n) is 8.08. The zero-order chi connectivity index (χ0) is 11.0. The molecule has 0 atom stereocenters. The molecule has 78 valence electrons. The van der Waals surface area contributed by atoms with Gasteiger partial charge in [0.1, 0.15) is 6.33 Å². The zero-order valence-corrected chi connectivity index (χ0v) is 8.83. The van der Waals surface area contributed by atoms with Crippen molar-refractivity contribution in [2.24, 2.45) is 0 Å². The average molecular weight is 232 g/mol. The summed E-state index contributed by atoms with van der Waals surface area (Å²) in [6, 6.07) is 3.53. The van der Waals surface area contributed by atoms with E-state index >= 15 is 0 Å². The van der Waals surface area contributed by atoms with E-state index in [-0.39, 0.29) is 0 Å². The number of halogens is 1. The van der Waals surface area contributed by atoms with Gasteiger partial charge in [-0.2, -0.15) is 9.78 Å². The van der Waals surface area contributed by atoms with Gasteiger partial charge in [-0.1, -0.05) is 11.6 Å². The molecular weight excluding hydrogens is 226 g/mol. The number of rotatable bonds is 1. The molecule has 0 saturated carbocycles. The molecule has 6 heteroatoms. The van der Waals surface area contributed by atoms with Gasteiger partial charge in [0.05, 0.1) is 16.6 Å². The molecule has 3 aromatic rings. The minimum Gasteiger partial charge on any atom is -0.244 e. The SMILES string of the molecule is Clc1cccnc1-n1ncc2cncnc21. The molecule has 0 radical (unpaired) electrons.